The molecule has 2 aromatic heterocycles. The minimum Gasteiger partial charge on any atom is -0.342 e. The smallest absolute Gasteiger partial charge is 0.228 e. The van der Waals surface area contributed by atoms with Gasteiger partial charge in [0.05, 0.1) is 5.69 Å². The van der Waals surface area contributed by atoms with Crippen LogP contribution in [0.2, 0.25) is 0 Å². The summed E-state index contributed by atoms with van der Waals surface area (Å²) < 4.78 is 0. The summed E-state index contributed by atoms with van der Waals surface area (Å²) in [6.45, 7) is 1.50. The first kappa shape index (κ1) is 18.1. The summed E-state index contributed by atoms with van der Waals surface area (Å²) in [7, 11) is 0. The minimum atomic E-state index is 0.215. The van der Waals surface area contributed by atoms with E-state index in [2.05, 4.69) is 32.4 Å². The highest BCUT2D eigenvalue weighted by Gasteiger charge is 2.28. The van der Waals surface area contributed by atoms with Gasteiger partial charge in [0.25, 0.3) is 0 Å². The number of nitrogens with zero attached hydrogens (tertiary/aromatic N) is 4. The van der Waals surface area contributed by atoms with E-state index in [-0.39, 0.29) is 11.8 Å². The van der Waals surface area contributed by atoms with Gasteiger partial charge in [-0.25, -0.2) is 15.0 Å². The van der Waals surface area contributed by atoms with E-state index in [9.17, 15) is 4.79 Å². The molecule has 1 amide bonds. The molecule has 1 atom stereocenters. The van der Waals surface area contributed by atoms with Crippen LogP contribution in [0.4, 0.5) is 11.8 Å². The third-order valence-corrected chi connectivity index (χ3v) is 5.01. The molecule has 0 spiro atoms. The summed E-state index contributed by atoms with van der Waals surface area (Å²) >= 11 is 0. The number of amides is 1. The number of carbonyl (C=O) groups is 1. The van der Waals surface area contributed by atoms with Gasteiger partial charge in [0, 0.05) is 37.8 Å². The second kappa shape index (κ2) is 8.61. The predicted molar refractivity (Wildman–Crippen MR) is 108 cm³/mol. The van der Waals surface area contributed by atoms with Crippen LogP contribution in [0.3, 0.4) is 0 Å². The Kier molecular flexibility index (Phi) is 5.56. The van der Waals surface area contributed by atoms with Crippen molar-refractivity contribution in [1.82, 2.24) is 19.9 Å². The highest BCUT2D eigenvalue weighted by molar-refractivity contribution is 5.76. The number of rotatable bonds is 6. The Morgan fingerprint density at radius 3 is 2.71 bits per heavy atom. The summed E-state index contributed by atoms with van der Waals surface area (Å²) in [6.07, 6.45) is 5.74. The second-order valence-corrected chi connectivity index (χ2v) is 6.96. The quantitative estimate of drug-likeness (QED) is 0.715. The van der Waals surface area contributed by atoms with Crippen LogP contribution >= 0.6 is 0 Å². The number of nitrogens with one attached hydrogen (secondary N) is 1. The van der Waals surface area contributed by atoms with E-state index in [4.69, 9.17) is 0 Å². The molecular weight excluding hydrogens is 350 g/mol. The number of aromatic nitrogens is 3. The molecule has 0 unspecified atom stereocenters. The van der Waals surface area contributed by atoms with Crippen molar-refractivity contribution in [2.24, 2.45) is 0 Å². The van der Waals surface area contributed by atoms with Gasteiger partial charge in [-0.1, -0.05) is 36.4 Å². The van der Waals surface area contributed by atoms with E-state index in [1.54, 1.807) is 12.4 Å². The summed E-state index contributed by atoms with van der Waals surface area (Å²) in [4.78, 5) is 27.7. The van der Waals surface area contributed by atoms with E-state index in [1.165, 1.54) is 5.56 Å². The van der Waals surface area contributed by atoms with Gasteiger partial charge < -0.3 is 10.2 Å². The standard InChI is InChI=1S/C22H23N5O/c28-21(10-9-17-6-2-1-3-7-17)27-15-12-18(16-27)19-11-14-24-22(25-19)26-20-8-4-5-13-23-20/h1-8,11,13-14,18H,9-10,12,15-16H2,(H,23,24,25,26)/t18-/m1/s1. The number of anilines is 2. The van der Waals surface area contributed by atoms with Crippen molar-refractivity contribution < 1.29 is 4.79 Å². The molecule has 3 heterocycles. The van der Waals surface area contributed by atoms with Crippen LogP contribution in [0.25, 0.3) is 0 Å². The third kappa shape index (κ3) is 4.52. The van der Waals surface area contributed by atoms with E-state index >= 15 is 0 Å². The first-order valence-corrected chi connectivity index (χ1v) is 9.60. The van der Waals surface area contributed by atoms with Crippen LogP contribution in [-0.4, -0.2) is 38.8 Å². The number of likely N-dealkylation sites (tertiary alicyclic amines) is 1. The maximum atomic E-state index is 12.6. The van der Waals surface area contributed by atoms with Gasteiger partial charge in [0.2, 0.25) is 11.9 Å². The molecule has 0 saturated carbocycles. The van der Waals surface area contributed by atoms with Crippen LogP contribution in [0.5, 0.6) is 0 Å². The molecule has 0 bridgehead atoms. The van der Waals surface area contributed by atoms with E-state index in [1.807, 2.05) is 47.4 Å². The number of pyridine rings is 1. The highest BCUT2D eigenvalue weighted by Crippen LogP contribution is 2.27. The fourth-order valence-electron chi connectivity index (χ4n) is 3.49. The molecule has 1 fully saturated rings. The zero-order valence-corrected chi connectivity index (χ0v) is 15.7. The normalized spacial score (nSPS) is 16.1. The van der Waals surface area contributed by atoms with Gasteiger partial charge in [0.1, 0.15) is 5.82 Å². The molecule has 1 N–H and O–H groups in total. The lowest BCUT2D eigenvalue weighted by atomic mass is 10.1. The first-order valence-electron chi connectivity index (χ1n) is 9.60. The lowest BCUT2D eigenvalue weighted by molar-refractivity contribution is -0.130. The van der Waals surface area contributed by atoms with Gasteiger partial charge >= 0.3 is 0 Å². The molecule has 4 rings (SSSR count). The van der Waals surface area contributed by atoms with E-state index in [0.29, 0.717) is 24.7 Å². The largest absolute Gasteiger partial charge is 0.342 e. The summed E-state index contributed by atoms with van der Waals surface area (Å²) in [6, 6.07) is 17.7. The Morgan fingerprint density at radius 1 is 1.04 bits per heavy atom. The van der Waals surface area contributed by atoms with Crippen LogP contribution in [0, 0.1) is 0 Å². The van der Waals surface area contributed by atoms with E-state index in [0.717, 1.165) is 25.1 Å². The molecule has 6 heteroatoms. The number of hydrogen-bond acceptors (Lipinski definition) is 5. The maximum absolute atomic E-state index is 12.6. The molecule has 1 saturated heterocycles. The lowest BCUT2D eigenvalue weighted by Gasteiger charge is -2.16. The Morgan fingerprint density at radius 2 is 1.89 bits per heavy atom. The monoisotopic (exact) mass is 373 g/mol. The average molecular weight is 373 g/mol. The molecule has 0 aliphatic carbocycles. The van der Waals surface area contributed by atoms with Crippen molar-refractivity contribution in [2.45, 2.75) is 25.2 Å². The molecule has 6 nitrogen and oxygen atoms in total. The molecule has 28 heavy (non-hydrogen) atoms. The Bertz CT molecular complexity index is 916. The maximum Gasteiger partial charge on any atom is 0.228 e. The summed E-state index contributed by atoms with van der Waals surface area (Å²) in [5.41, 5.74) is 2.17. The van der Waals surface area contributed by atoms with Crippen LogP contribution in [0.15, 0.2) is 67.0 Å². The van der Waals surface area contributed by atoms with Crippen molar-refractivity contribution in [3.63, 3.8) is 0 Å². The van der Waals surface area contributed by atoms with Gasteiger partial charge in [-0.15, -0.1) is 0 Å². The zero-order chi connectivity index (χ0) is 19.2. The van der Waals surface area contributed by atoms with Crippen molar-refractivity contribution in [1.29, 1.82) is 0 Å². The van der Waals surface area contributed by atoms with Gasteiger partial charge in [-0.3, -0.25) is 4.79 Å². The Labute approximate surface area is 164 Å². The highest BCUT2D eigenvalue weighted by atomic mass is 16.2. The van der Waals surface area contributed by atoms with Gasteiger partial charge in [-0.05, 0) is 36.6 Å². The van der Waals surface area contributed by atoms with Crippen molar-refractivity contribution in [2.75, 3.05) is 18.4 Å². The molecule has 142 valence electrons. The van der Waals surface area contributed by atoms with Crippen molar-refractivity contribution in [3.05, 3.63) is 78.2 Å². The number of aryl methyl sites for hydroxylation is 1. The average Bonchev–Trinajstić information content (AvgIpc) is 3.24. The van der Waals surface area contributed by atoms with Gasteiger partial charge in [0.15, 0.2) is 0 Å². The lowest BCUT2D eigenvalue weighted by Crippen LogP contribution is -2.28. The molecule has 0 radical (unpaired) electrons. The first-order chi connectivity index (χ1) is 13.8. The van der Waals surface area contributed by atoms with Crippen molar-refractivity contribution in [3.8, 4) is 0 Å². The molecule has 1 aliphatic heterocycles. The van der Waals surface area contributed by atoms with Crippen LogP contribution in [0.1, 0.15) is 30.0 Å². The predicted octanol–water partition coefficient (Wildman–Crippen LogP) is 3.56. The fraction of sp³-hybridized carbons (Fsp3) is 0.273. The van der Waals surface area contributed by atoms with E-state index < -0.39 is 0 Å². The van der Waals surface area contributed by atoms with Crippen molar-refractivity contribution >= 4 is 17.7 Å². The summed E-state index contributed by atoms with van der Waals surface area (Å²) in [5.74, 6) is 1.70. The molecule has 1 aromatic carbocycles. The number of carbonyl (C=O) groups excluding carboxylic acids is 1. The second-order valence-electron chi connectivity index (χ2n) is 6.96. The fourth-order valence-corrected chi connectivity index (χ4v) is 3.49. The summed E-state index contributed by atoms with van der Waals surface area (Å²) in [5, 5.41) is 3.13. The number of hydrogen-bond donors (Lipinski definition) is 1. The SMILES string of the molecule is O=C(CCc1ccccc1)N1CC[C@@H](c2ccnc(Nc3ccccn3)n2)C1. The molecular formula is C22H23N5O. The Hall–Kier alpha value is -3.28. The third-order valence-electron chi connectivity index (χ3n) is 5.01. The molecule has 3 aromatic rings. The minimum absolute atomic E-state index is 0.215. The number of benzene rings is 1. The molecule has 1 aliphatic rings. The zero-order valence-electron chi connectivity index (χ0n) is 15.7. The van der Waals surface area contributed by atoms with Crippen LogP contribution in [-0.2, 0) is 11.2 Å². The van der Waals surface area contributed by atoms with Gasteiger partial charge in [-0.2, -0.15) is 0 Å². The Balaban J connectivity index is 1.34. The van der Waals surface area contributed by atoms with Crippen LogP contribution < -0.4 is 5.32 Å². The topological polar surface area (TPSA) is 71.0 Å².